The summed E-state index contributed by atoms with van der Waals surface area (Å²) in [4.78, 5) is 10.0. The highest BCUT2D eigenvalue weighted by molar-refractivity contribution is 6.13. The Balaban J connectivity index is 1.22. The molecule has 1 unspecified atom stereocenters. The highest BCUT2D eigenvalue weighted by atomic mass is 16.3. The Morgan fingerprint density at radius 3 is 1.80 bits per heavy atom. The van der Waals surface area contributed by atoms with E-state index in [1.165, 1.54) is 16.7 Å². The van der Waals surface area contributed by atoms with Crippen LogP contribution in [0.4, 0.5) is 0 Å². The molecular weight excluding hydrogens is 550 g/mol. The summed E-state index contributed by atoms with van der Waals surface area (Å²) in [7, 11) is 0. The van der Waals surface area contributed by atoms with Gasteiger partial charge in [0.15, 0.2) is 5.58 Å². The van der Waals surface area contributed by atoms with Gasteiger partial charge in [-0.25, -0.2) is 4.98 Å². The van der Waals surface area contributed by atoms with Gasteiger partial charge in [-0.1, -0.05) is 121 Å². The lowest BCUT2D eigenvalue weighted by molar-refractivity contribution is 0.618. The molecule has 2 heterocycles. The van der Waals surface area contributed by atoms with E-state index in [4.69, 9.17) is 14.4 Å². The third-order valence-corrected chi connectivity index (χ3v) is 8.13. The Morgan fingerprint density at radius 2 is 1.07 bits per heavy atom. The molecule has 0 spiro atoms. The molecule has 6 aromatic carbocycles. The van der Waals surface area contributed by atoms with Gasteiger partial charge in [-0.3, -0.25) is 4.99 Å². The number of aromatic nitrogens is 1. The molecule has 1 atom stereocenters. The van der Waals surface area contributed by atoms with Crippen LogP contribution in [0.1, 0.15) is 22.9 Å². The third kappa shape index (κ3) is 5.46. The van der Waals surface area contributed by atoms with Gasteiger partial charge in [-0.2, -0.15) is 0 Å². The van der Waals surface area contributed by atoms with Crippen molar-refractivity contribution in [2.45, 2.75) is 6.17 Å². The van der Waals surface area contributed by atoms with Crippen molar-refractivity contribution in [3.05, 3.63) is 180 Å². The van der Waals surface area contributed by atoms with E-state index in [0.717, 1.165) is 50.3 Å². The second-order valence-electron chi connectivity index (χ2n) is 11.1. The fraction of sp³-hybridized carbons (Fsp3) is 0.0244. The van der Waals surface area contributed by atoms with Crippen LogP contribution in [0.5, 0.6) is 0 Å². The van der Waals surface area contributed by atoms with Gasteiger partial charge in [-0.05, 0) is 75.9 Å². The predicted octanol–water partition coefficient (Wildman–Crippen LogP) is 9.96. The fourth-order valence-electron chi connectivity index (χ4n) is 5.84. The summed E-state index contributed by atoms with van der Waals surface area (Å²) in [6.07, 6.45) is 1.85. The van der Waals surface area contributed by atoms with Crippen LogP contribution in [0, 0.1) is 0 Å². The van der Waals surface area contributed by atoms with E-state index in [-0.39, 0.29) is 6.17 Å². The summed E-state index contributed by atoms with van der Waals surface area (Å²) >= 11 is 0. The average Bonchev–Trinajstić information content (AvgIpc) is 3.57. The first-order valence-corrected chi connectivity index (χ1v) is 15.1. The Morgan fingerprint density at radius 1 is 0.489 bits per heavy atom. The Labute approximate surface area is 262 Å². The third-order valence-electron chi connectivity index (χ3n) is 8.13. The lowest BCUT2D eigenvalue weighted by Crippen LogP contribution is -2.25. The van der Waals surface area contributed by atoms with Gasteiger partial charge in [0, 0.05) is 16.8 Å². The summed E-state index contributed by atoms with van der Waals surface area (Å²) in [5.74, 6) is 0.597. The monoisotopic (exact) mass is 579 g/mol. The number of oxazole rings is 1. The van der Waals surface area contributed by atoms with Crippen LogP contribution < -0.4 is 5.32 Å². The average molecular weight is 580 g/mol. The molecular formula is C41H29N3O. The van der Waals surface area contributed by atoms with Crippen molar-refractivity contribution in [2.24, 2.45) is 4.99 Å². The van der Waals surface area contributed by atoms with Crippen molar-refractivity contribution in [2.75, 3.05) is 0 Å². The van der Waals surface area contributed by atoms with E-state index in [2.05, 4.69) is 121 Å². The molecule has 1 aliphatic heterocycles. The van der Waals surface area contributed by atoms with E-state index in [1.54, 1.807) is 0 Å². The maximum Gasteiger partial charge on any atom is 0.227 e. The summed E-state index contributed by atoms with van der Waals surface area (Å²) in [6, 6.07) is 54.4. The quantitative estimate of drug-likeness (QED) is 0.213. The van der Waals surface area contributed by atoms with Crippen LogP contribution in [-0.2, 0) is 0 Å². The molecule has 1 N–H and O–H groups in total. The van der Waals surface area contributed by atoms with Gasteiger partial charge in [0.1, 0.15) is 11.7 Å². The minimum atomic E-state index is -0.315. The largest absolute Gasteiger partial charge is 0.436 e. The molecule has 0 amide bonds. The molecule has 4 heteroatoms. The molecule has 214 valence electrons. The van der Waals surface area contributed by atoms with Crippen molar-refractivity contribution in [3.8, 4) is 33.7 Å². The number of aliphatic imine (C=N–C) groups is 1. The lowest BCUT2D eigenvalue weighted by atomic mass is 9.96. The minimum absolute atomic E-state index is 0.315. The first kappa shape index (κ1) is 26.6. The second-order valence-corrected chi connectivity index (χ2v) is 11.1. The number of benzene rings is 6. The van der Waals surface area contributed by atoms with Crippen molar-refractivity contribution in [3.63, 3.8) is 0 Å². The van der Waals surface area contributed by atoms with Gasteiger partial charge in [0.2, 0.25) is 5.89 Å². The van der Waals surface area contributed by atoms with Gasteiger partial charge >= 0.3 is 0 Å². The molecule has 1 aliphatic rings. The smallest absolute Gasteiger partial charge is 0.227 e. The van der Waals surface area contributed by atoms with Crippen LogP contribution in [-0.4, -0.2) is 10.7 Å². The van der Waals surface area contributed by atoms with E-state index in [1.807, 2.05) is 48.5 Å². The molecule has 1 aromatic heterocycles. The van der Waals surface area contributed by atoms with Crippen LogP contribution in [0.3, 0.4) is 0 Å². The van der Waals surface area contributed by atoms with Gasteiger partial charge in [0.25, 0.3) is 0 Å². The number of para-hydroxylation sites is 2. The summed E-state index contributed by atoms with van der Waals surface area (Å²) in [6.45, 7) is 0. The SMILES string of the molecule is C1=C(c2cccc(-c3ccccc3)c2)NC(c2cccc(-c3nc4ccccc4o3)c2)N=C1c1cccc(-c2ccccc2)c1. The number of hydrogen-bond acceptors (Lipinski definition) is 4. The number of fused-ring (bicyclic) bond motifs is 1. The zero-order valence-corrected chi connectivity index (χ0v) is 24.5. The van der Waals surface area contributed by atoms with E-state index < -0.39 is 0 Å². The van der Waals surface area contributed by atoms with Crippen LogP contribution in [0.15, 0.2) is 173 Å². The molecule has 0 saturated heterocycles. The van der Waals surface area contributed by atoms with Crippen LogP contribution in [0.2, 0.25) is 0 Å². The standard InChI is InChI=1S/C41H29N3O/c1-3-12-28(13-4-1)30-16-9-18-32(24-30)37-27-38(33-19-10-17-31(25-33)29-14-5-2-6-15-29)43-40(42-37)34-20-11-21-35(26-34)41-44-36-22-7-8-23-39(36)45-41/h1-27,40,42H. The number of allylic oxidation sites excluding steroid dienone is 1. The maximum absolute atomic E-state index is 6.11. The molecule has 8 rings (SSSR count). The maximum atomic E-state index is 6.11. The fourth-order valence-corrected chi connectivity index (χ4v) is 5.84. The Hall–Kier alpha value is -6.00. The van der Waals surface area contributed by atoms with Gasteiger partial charge in [0.05, 0.1) is 5.71 Å². The first-order chi connectivity index (χ1) is 22.3. The molecule has 0 saturated carbocycles. The highest BCUT2D eigenvalue weighted by Gasteiger charge is 2.21. The first-order valence-electron chi connectivity index (χ1n) is 15.1. The summed E-state index contributed by atoms with van der Waals surface area (Å²) in [5.41, 5.74) is 12.3. The normalized spacial score (nSPS) is 14.4. The van der Waals surface area contributed by atoms with Crippen molar-refractivity contribution in [1.82, 2.24) is 10.3 Å². The molecule has 45 heavy (non-hydrogen) atoms. The van der Waals surface area contributed by atoms with E-state index in [9.17, 15) is 0 Å². The number of hydrogen-bond donors (Lipinski definition) is 1. The molecule has 0 radical (unpaired) electrons. The summed E-state index contributed by atoms with van der Waals surface area (Å²) in [5, 5.41) is 3.74. The second kappa shape index (κ2) is 11.6. The van der Waals surface area contributed by atoms with Gasteiger partial charge in [-0.15, -0.1) is 0 Å². The zero-order chi connectivity index (χ0) is 30.0. The predicted molar refractivity (Wildman–Crippen MR) is 184 cm³/mol. The zero-order valence-electron chi connectivity index (χ0n) is 24.5. The van der Waals surface area contributed by atoms with E-state index in [0.29, 0.717) is 5.89 Å². The van der Waals surface area contributed by atoms with E-state index >= 15 is 0 Å². The number of rotatable bonds is 6. The molecule has 4 nitrogen and oxygen atoms in total. The number of nitrogens with zero attached hydrogens (tertiary/aromatic N) is 2. The Bertz CT molecular complexity index is 2160. The molecule has 0 aliphatic carbocycles. The summed E-state index contributed by atoms with van der Waals surface area (Å²) < 4.78 is 6.11. The van der Waals surface area contributed by atoms with Gasteiger partial charge < -0.3 is 9.73 Å². The molecule has 0 bridgehead atoms. The molecule has 0 fully saturated rings. The number of nitrogens with one attached hydrogen (secondary N) is 1. The van der Waals surface area contributed by atoms with Crippen molar-refractivity contribution in [1.29, 1.82) is 0 Å². The minimum Gasteiger partial charge on any atom is -0.436 e. The Kier molecular flexibility index (Phi) is 6.85. The lowest BCUT2D eigenvalue weighted by Gasteiger charge is -2.25. The topological polar surface area (TPSA) is 50.4 Å². The highest BCUT2D eigenvalue weighted by Crippen LogP contribution is 2.32. The van der Waals surface area contributed by atoms with Crippen molar-refractivity contribution < 1.29 is 4.42 Å². The van der Waals surface area contributed by atoms with Crippen molar-refractivity contribution >= 4 is 22.5 Å². The van der Waals surface area contributed by atoms with Crippen LogP contribution in [0.25, 0.3) is 50.5 Å². The molecule has 7 aromatic rings. The van der Waals surface area contributed by atoms with Crippen LogP contribution >= 0.6 is 0 Å².